The Morgan fingerprint density at radius 3 is 2.09 bits per heavy atom. The van der Waals surface area contributed by atoms with Crippen molar-refractivity contribution in [2.45, 2.75) is 18.2 Å². The normalized spacial score (nSPS) is 14.1. The Bertz CT molecular complexity index is 666. The number of halogens is 3. The molecular weight excluding hydrogens is 309 g/mol. The van der Waals surface area contributed by atoms with Crippen LogP contribution in [-0.4, -0.2) is 24.2 Å². The van der Waals surface area contributed by atoms with Crippen molar-refractivity contribution in [3.8, 4) is 5.75 Å². The summed E-state index contributed by atoms with van der Waals surface area (Å²) in [5, 5.41) is 10.2. The summed E-state index contributed by atoms with van der Waals surface area (Å²) < 4.78 is 45.0. The Hall–Kier alpha value is -2.34. The molecule has 1 unspecified atom stereocenters. The number of Topliss-reactive ketones (excluding diaryl/α,β-unsaturated/α-hetero) is 1. The molecule has 0 radical (unpaired) electrons. The molecule has 1 N–H and O–H groups in total. The molecule has 0 aromatic heterocycles. The Kier molecular flexibility index (Phi) is 4.75. The van der Waals surface area contributed by atoms with Gasteiger partial charge >= 0.3 is 6.18 Å². The zero-order valence-electron chi connectivity index (χ0n) is 12.3. The number of carbonyl (C=O) groups is 1. The maximum atomic E-state index is 13.4. The van der Waals surface area contributed by atoms with Gasteiger partial charge in [-0.1, -0.05) is 30.3 Å². The molecule has 122 valence electrons. The molecule has 23 heavy (non-hydrogen) atoms. The van der Waals surface area contributed by atoms with Crippen molar-refractivity contribution in [3.05, 3.63) is 65.7 Å². The van der Waals surface area contributed by atoms with E-state index in [-0.39, 0.29) is 11.1 Å². The molecule has 0 heterocycles. The number of methoxy groups -OCH3 is 1. The third kappa shape index (κ3) is 3.53. The van der Waals surface area contributed by atoms with E-state index >= 15 is 0 Å². The van der Waals surface area contributed by atoms with E-state index in [1.54, 1.807) is 0 Å². The van der Waals surface area contributed by atoms with E-state index in [0.29, 0.717) is 5.75 Å². The number of ketones is 1. The van der Waals surface area contributed by atoms with Gasteiger partial charge in [0.25, 0.3) is 0 Å². The van der Waals surface area contributed by atoms with Crippen molar-refractivity contribution in [3.63, 3.8) is 0 Å². The molecule has 2 aromatic rings. The van der Waals surface area contributed by atoms with Crippen LogP contribution >= 0.6 is 0 Å². The highest BCUT2D eigenvalue weighted by Crippen LogP contribution is 2.42. The van der Waals surface area contributed by atoms with Gasteiger partial charge in [-0.05, 0) is 29.8 Å². The lowest BCUT2D eigenvalue weighted by Crippen LogP contribution is -2.44. The molecule has 0 saturated carbocycles. The monoisotopic (exact) mass is 324 g/mol. The van der Waals surface area contributed by atoms with Crippen LogP contribution in [0.5, 0.6) is 5.75 Å². The number of aliphatic hydroxyl groups is 1. The van der Waals surface area contributed by atoms with Crippen LogP contribution in [0.25, 0.3) is 0 Å². The molecule has 0 spiro atoms. The lowest BCUT2D eigenvalue weighted by atomic mass is 9.86. The molecular formula is C17H15F3O3. The fourth-order valence-electron chi connectivity index (χ4n) is 2.19. The molecule has 0 saturated heterocycles. The van der Waals surface area contributed by atoms with Crippen LogP contribution in [0.15, 0.2) is 54.6 Å². The predicted octanol–water partition coefficient (Wildman–Crippen LogP) is 3.72. The first kappa shape index (κ1) is 17.0. The smallest absolute Gasteiger partial charge is 0.421 e. The van der Waals surface area contributed by atoms with E-state index in [9.17, 15) is 23.1 Å². The fraction of sp³-hybridized carbons (Fsp3) is 0.235. The first-order valence-corrected chi connectivity index (χ1v) is 6.80. The highest BCUT2D eigenvalue weighted by Gasteiger charge is 2.55. The molecule has 0 bridgehead atoms. The number of hydrogen-bond donors (Lipinski definition) is 1. The Morgan fingerprint density at radius 1 is 1.04 bits per heavy atom. The molecule has 2 aromatic carbocycles. The summed E-state index contributed by atoms with van der Waals surface area (Å²) in [6, 6.07) is 12.3. The van der Waals surface area contributed by atoms with Crippen molar-refractivity contribution in [1.82, 2.24) is 0 Å². The lowest BCUT2D eigenvalue weighted by molar-refractivity contribution is -0.264. The fourth-order valence-corrected chi connectivity index (χ4v) is 2.19. The van der Waals surface area contributed by atoms with Gasteiger partial charge in [-0.2, -0.15) is 13.2 Å². The van der Waals surface area contributed by atoms with Crippen LogP contribution in [0.1, 0.15) is 22.3 Å². The standard InChI is InChI=1S/C17H15F3O3/c1-23-14-9-7-12(8-10-14)15(21)11-16(22,17(18,19)20)13-5-3-2-4-6-13/h2-10,22H,11H2,1H3. The third-order valence-corrected chi connectivity index (χ3v) is 3.55. The second-order valence-corrected chi connectivity index (χ2v) is 5.05. The quantitative estimate of drug-likeness (QED) is 0.853. The molecule has 0 fully saturated rings. The van der Waals surface area contributed by atoms with Gasteiger partial charge in [0, 0.05) is 5.56 Å². The van der Waals surface area contributed by atoms with Crippen LogP contribution in [-0.2, 0) is 5.60 Å². The summed E-state index contributed by atoms with van der Waals surface area (Å²) in [5.74, 6) is -0.327. The summed E-state index contributed by atoms with van der Waals surface area (Å²) in [7, 11) is 1.44. The van der Waals surface area contributed by atoms with Crippen LogP contribution in [0.2, 0.25) is 0 Å². The molecule has 0 aliphatic heterocycles. The highest BCUT2D eigenvalue weighted by atomic mass is 19.4. The van der Waals surface area contributed by atoms with E-state index in [1.165, 1.54) is 49.6 Å². The Balaban J connectivity index is 2.33. The summed E-state index contributed by atoms with van der Waals surface area (Å²) in [4.78, 5) is 12.2. The van der Waals surface area contributed by atoms with Crippen molar-refractivity contribution in [2.75, 3.05) is 7.11 Å². The molecule has 0 aliphatic rings. The van der Waals surface area contributed by atoms with Gasteiger partial charge in [-0.15, -0.1) is 0 Å². The summed E-state index contributed by atoms with van der Waals surface area (Å²) >= 11 is 0. The number of ether oxygens (including phenoxy) is 1. The van der Waals surface area contributed by atoms with E-state index < -0.39 is 24.0 Å². The molecule has 3 nitrogen and oxygen atoms in total. The SMILES string of the molecule is COc1ccc(C(=O)CC(O)(c2ccccc2)C(F)(F)F)cc1. The van der Waals surface area contributed by atoms with Crippen LogP contribution in [0.3, 0.4) is 0 Å². The van der Waals surface area contributed by atoms with Crippen LogP contribution < -0.4 is 4.74 Å². The number of carbonyl (C=O) groups excluding carboxylic acids is 1. The maximum absolute atomic E-state index is 13.4. The van der Waals surface area contributed by atoms with Crippen LogP contribution in [0, 0.1) is 0 Å². The van der Waals surface area contributed by atoms with Crippen LogP contribution in [0.4, 0.5) is 13.2 Å². The zero-order chi connectivity index (χ0) is 17.1. The Morgan fingerprint density at radius 2 is 1.61 bits per heavy atom. The van der Waals surface area contributed by atoms with E-state index in [4.69, 9.17) is 4.74 Å². The third-order valence-electron chi connectivity index (χ3n) is 3.55. The van der Waals surface area contributed by atoms with Crippen molar-refractivity contribution in [2.24, 2.45) is 0 Å². The number of alkyl halides is 3. The minimum atomic E-state index is -4.98. The van der Waals surface area contributed by atoms with Crippen molar-refractivity contribution in [1.29, 1.82) is 0 Å². The highest BCUT2D eigenvalue weighted by molar-refractivity contribution is 5.97. The summed E-state index contributed by atoms with van der Waals surface area (Å²) in [6.45, 7) is 0. The van der Waals surface area contributed by atoms with Gasteiger partial charge in [0.05, 0.1) is 13.5 Å². The van der Waals surface area contributed by atoms with E-state index in [1.807, 2.05) is 0 Å². The topological polar surface area (TPSA) is 46.5 Å². The van der Waals surface area contributed by atoms with Crippen molar-refractivity contribution >= 4 is 5.78 Å². The molecule has 2 rings (SSSR count). The number of hydrogen-bond acceptors (Lipinski definition) is 3. The van der Waals surface area contributed by atoms with Crippen molar-refractivity contribution < 1.29 is 27.8 Å². The largest absolute Gasteiger partial charge is 0.497 e. The summed E-state index contributed by atoms with van der Waals surface area (Å²) in [5.41, 5.74) is -3.52. The second-order valence-electron chi connectivity index (χ2n) is 5.05. The van der Waals surface area contributed by atoms with Gasteiger partial charge in [0.15, 0.2) is 11.4 Å². The van der Waals surface area contributed by atoms with Gasteiger partial charge < -0.3 is 9.84 Å². The Labute approximate surface area is 131 Å². The van der Waals surface area contributed by atoms with Gasteiger partial charge in [-0.3, -0.25) is 4.79 Å². The maximum Gasteiger partial charge on any atom is 0.421 e. The molecule has 0 aliphatic carbocycles. The zero-order valence-corrected chi connectivity index (χ0v) is 12.3. The average Bonchev–Trinajstić information content (AvgIpc) is 2.54. The second kappa shape index (κ2) is 6.42. The minimum absolute atomic E-state index is 0.0735. The average molecular weight is 324 g/mol. The number of rotatable bonds is 5. The molecule has 0 amide bonds. The van der Waals surface area contributed by atoms with Gasteiger partial charge in [0.2, 0.25) is 0 Å². The minimum Gasteiger partial charge on any atom is -0.497 e. The molecule has 6 heteroatoms. The first-order chi connectivity index (χ1) is 10.8. The van der Waals surface area contributed by atoms with Gasteiger partial charge in [-0.25, -0.2) is 0 Å². The van der Waals surface area contributed by atoms with E-state index in [2.05, 4.69) is 0 Å². The van der Waals surface area contributed by atoms with Gasteiger partial charge in [0.1, 0.15) is 5.75 Å². The summed E-state index contributed by atoms with van der Waals surface area (Å²) in [6.07, 6.45) is -6.07. The van der Waals surface area contributed by atoms with E-state index in [0.717, 1.165) is 12.1 Å². The molecule has 1 atom stereocenters. The lowest BCUT2D eigenvalue weighted by Gasteiger charge is -2.30. The number of benzene rings is 2. The first-order valence-electron chi connectivity index (χ1n) is 6.80. The predicted molar refractivity (Wildman–Crippen MR) is 78.3 cm³/mol.